The molecule has 0 bridgehead atoms. The van der Waals surface area contributed by atoms with E-state index in [1.165, 1.54) is 32.4 Å². The topological polar surface area (TPSA) is 26.0 Å². The molecular weight excluding hydrogens is 338 g/mol. The maximum atomic E-state index is 6.36. The minimum Gasteiger partial charge on any atom is -0.324 e. The third kappa shape index (κ3) is 1.74. The van der Waals surface area contributed by atoms with Crippen LogP contribution in [0.2, 0.25) is 0 Å². The van der Waals surface area contributed by atoms with Gasteiger partial charge in [0, 0.05) is 6.04 Å². The van der Waals surface area contributed by atoms with Crippen molar-refractivity contribution < 1.29 is 0 Å². The molecule has 0 saturated heterocycles. The van der Waals surface area contributed by atoms with Crippen LogP contribution in [-0.2, 0) is 0 Å². The Morgan fingerprint density at radius 1 is 1.33 bits per heavy atom. The summed E-state index contributed by atoms with van der Waals surface area (Å²) < 4.78 is 2.37. The van der Waals surface area contributed by atoms with Gasteiger partial charge in [-0.2, -0.15) is 0 Å². The van der Waals surface area contributed by atoms with E-state index in [1.807, 2.05) is 0 Å². The zero-order chi connectivity index (χ0) is 10.6. The van der Waals surface area contributed by atoms with Gasteiger partial charge >= 0.3 is 0 Å². The summed E-state index contributed by atoms with van der Waals surface area (Å²) in [5.74, 6) is 2.63. The maximum absolute atomic E-state index is 6.36. The summed E-state index contributed by atoms with van der Waals surface area (Å²) in [6, 6.07) is 2.42. The molecule has 4 heteroatoms. The summed E-state index contributed by atoms with van der Waals surface area (Å²) in [4.78, 5) is 0. The van der Waals surface area contributed by atoms with Crippen LogP contribution in [0.25, 0.3) is 0 Å². The van der Waals surface area contributed by atoms with Crippen LogP contribution in [0.1, 0.15) is 30.9 Å². The third-order valence-electron chi connectivity index (χ3n) is 3.93. The second kappa shape index (κ2) is 3.83. The molecule has 1 nitrogen and oxygen atoms in total. The van der Waals surface area contributed by atoms with Crippen LogP contribution in [0.4, 0.5) is 0 Å². The molecule has 0 spiro atoms. The lowest BCUT2D eigenvalue weighted by Gasteiger charge is -2.12. The van der Waals surface area contributed by atoms with Crippen molar-refractivity contribution in [1.29, 1.82) is 0 Å². The molecule has 2 aliphatic rings. The fourth-order valence-corrected chi connectivity index (χ4v) is 6.15. The van der Waals surface area contributed by atoms with Crippen molar-refractivity contribution in [3.05, 3.63) is 19.2 Å². The molecule has 3 rings (SSSR count). The molecule has 15 heavy (non-hydrogen) atoms. The summed E-state index contributed by atoms with van der Waals surface area (Å²) in [7, 11) is 0. The smallest absolute Gasteiger partial charge is 0.0758 e. The van der Waals surface area contributed by atoms with Gasteiger partial charge in [0.2, 0.25) is 0 Å². The number of nitrogens with two attached hydrogens (primary N) is 1. The minimum atomic E-state index is 0.247. The molecule has 2 aliphatic carbocycles. The normalized spacial score (nSPS) is 35.3. The average molecular weight is 351 g/mol. The van der Waals surface area contributed by atoms with Crippen LogP contribution in [0, 0.1) is 17.8 Å². The van der Waals surface area contributed by atoms with Gasteiger partial charge < -0.3 is 5.73 Å². The molecule has 3 unspecified atom stereocenters. The molecule has 0 aliphatic heterocycles. The number of hydrogen-bond donors (Lipinski definition) is 1. The quantitative estimate of drug-likeness (QED) is 0.844. The van der Waals surface area contributed by atoms with E-state index in [9.17, 15) is 0 Å². The Hall–Kier alpha value is 0.620. The Labute approximate surface area is 111 Å². The lowest BCUT2D eigenvalue weighted by Crippen LogP contribution is -2.15. The predicted molar refractivity (Wildman–Crippen MR) is 71.0 cm³/mol. The van der Waals surface area contributed by atoms with Crippen molar-refractivity contribution in [1.82, 2.24) is 0 Å². The Bertz CT molecular complexity index is 380. The first-order valence-corrected chi connectivity index (χ1v) is 7.79. The molecule has 0 aromatic carbocycles. The van der Waals surface area contributed by atoms with Crippen molar-refractivity contribution >= 4 is 43.2 Å². The second-order valence-corrected chi connectivity index (χ2v) is 8.39. The standard InChI is InChI=1S/C11H13Br2NS/c12-8-4-7(11(13)15-8)10(14)9-5-2-1-3-6(5)9/h4-6,9-10H,1-3,14H2. The van der Waals surface area contributed by atoms with E-state index in [4.69, 9.17) is 5.73 Å². The van der Waals surface area contributed by atoms with E-state index >= 15 is 0 Å². The molecule has 2 fully saturated rings. The van der Waals surface area contributed by atoms with Gasteiger partial charge in [0.1, 0.15) is 0 Å². The maximum Gasteiger partial charge on any atom is 0.0758 e. The van der Waals surface area contributed by atoms with Crippen molar-refractivity contribution in [3.8, 4) is 0 Å². The number of rotatable bonds is 2. The van der Waals surface area contributed by atoms with E-state index in [1.54, 1.807) is 11.3 Å². The highest BCUT2D eigenvalue weighted by Crippen LogP contribution is 2.62. The van der Waals surface area contributed by atoms with E-state index in [0.717, 1.165) is 17.8 Å². The van der Waals surface area contributed by atoms with E-state index in [0.29, 0.717) is 0 Å². The molecule has 0 amide bonds. The summed E-state index contributed by atoms with van der Waals surface area (Å²) in [5.41, 5.74) is 7.66. The van der Waals surface area contributed by atoms with Crippen LogP contribution in [0.3, 0.4) is 0 Å². The molecule has 1 heterocycles. The Morgan fingerprint density at radius 2 is 2.00 bits per heavy atom. The third-order valence-corrected chi connectivity index (χ3v) is 6.32. The predicted octanol–water partition coefficient (Wildman–Crippen LogP) is 4.32. The summed E-state index contributed by atoms with van der Waals surface area (Å²) in [5, 5.41) is 0. The van der Waals surface area contributed by atoms with Crippen molar-refractivity contribution in [2.24, 2.45) is 23.5 Å². The first-order chi connectivity index (χ1) is 7.18. The van der Waals surface area contributed by atoms with Gasteiger partial charge in [0.15, 0.2) is 0 Å². The SMILES string of the molecule is NC(c1cc(Br)sc1Br)C1C2CCCC21. The van der Waals surface area contributed by atoms with Gasteiger partial charge in [-0.1, -0.05) is 6.42 Å². The number of halogens is 2. The molecule has 1 aromatic heterocycles. The zero-order valence-corrected chi connectivity index (χ0v) is 12.2. The molecule has 3 atom stereocenters. The van der Waals surface area contributed by atoms with Crippen molar-refractivity contribution in [3.63, 3.8) is 0 Å². The Morgan fingerprint density at radius 3 is 2.53 bits per heavy atom. The summed E-state index contributed by atoms with van der Waals surface area (Å²) >= 11 is 8.84. The van der Waals surface area contributed by atoms with Gasteiger partial charge in [-0.15, -0.1) is 11.3 Å². The monoisotopic (exact) mass is 349 g/mol. The van der Waals surface area contributed by atoms with Gasteiger partial charge in [-0.25, -0.2) is 0 Å². The number of fused-ring (bicyclic) bond motifs is 1. The zero-order valence-electron chi connectivity index (χ0n) is 8.25. The molecule has 0 radical (unpaired) electrons. The second-order valence-electron chi connectivity index (χ2n) is 4.64. The van der Waals surface area contributed by atoms with Crippen LogP contribution in [0.5, 0.6) is 0 Å². The molecule has 82 valence electrons. The molecule has 2 saturated carbocycles. The van der Waals surface area contributed by atoms with Gasteiger partial charge in [-0.3, -0.25) is 0 Å². The number of thiophene rings is 1. The lowest BCUT2D eigenvalue weighted by molar-refractivity contribution is 0.501. The lowest BCUT2D eigenvalue weighted by atomic mass is 10.0. The van der Waals surface area contributed by atoms with Gasteiger partial charge in [0.25, 0.3) is 0 Å². The van der Waals surface area contributed by atoms with E-state index in [2.05, 4.69) is 37.9 Å². The van der Waals surface area contributed by atoms with Gasteiger partial charge in [-0.05, 0) is 74.1 Å². The summed E-state index contributed by atoms with van der Waals surface area (Å²) in [6.07, 6.45) is 4.24. The first-order valence-electron chi connectivity index (χ1n) is 5.39. The van der Waals surface area contributed by atoms with Gasteiger partial charge in [0.05, 0.1) is 7.57 Å². The highest BCUT2D eigenvalue weighted by Gasteiger charge is 2.55. The minimum absolute atomic E-state index is 0.247. The van der Waals surface area contributed by atoms with Crippen LogP contribution < -0.4 is 5.73 Å². The van der Waals surface area contributed by atoms with Crippen LogP contribution in [0.15, 0.2) is 13.6 Å². The highest BCUT2D eigenvalue weighted by molar-refractivity contribution is 9.12. The first kappa shape index (κ1) is 10.8. The molecule has 1 aromatic rings. The van der Waals surface area contributed by atoms with Crippen LogP contribution in [-0.4, -0.2) is 0 Å². The fraction of sp³-hybridized carbons (Fsp3) is 0.636. The fourth-order valence-electron chi connectivity index (χ4n) is 3.20. The van der Waals surface area contributed by atoms with E-state index < -0.39 is 0 Å². The largest absolute Gasteiger partial charge is 0.324 e. The molecule has 2 N–H and O–H groups in total. The van der Waals surface area contributed by atoms with E-state index in [-0.39, 0.29) is 6.04 Å². The van der Waals surface area contributed by atoms with Crippen molar-refractivity contribution in [2.75, 3.05) is 0 Å². The number of hydrogen-bond acceptors (Lipinski definition) is 2. The average Bonchev–Trinajstić information content (AvgIpc) is 2.58. The van der Waals surface area contributed by atoms with Crippen LogP contribution >= 0.6 is 43.2 Å². The molecular formula is C11H13Br2NS. The van der Waals surface area contributed by atoms with Crippen molar-refractivity contribution in [2.45, 2.75) is 25.3 Å². The Kier molecular flexibility index (Phi) is 2.74. The summed E-state index contributed by atoms with van der Waals surface area (Å²) in [6.45, 7) is 0. The highest BCUT2D eigenvalue weighted by atomic mass is 79.9. The Balaban J connectivity index is 1.80.